The summed E-state index contributed by atoms with van der Waals surface area (Å²) in [4.78, 5) is 17.7. The number of aryl methyl sites for hydroxylation is 1. The van der Waals surface area contributed by atoms with E-state index in [9.17, 15) is 4.79 Å². The van der Waals surface area contributed by atoms with Gasteiger partial charge in [-0.15, -0.1) is 11.3 Å². The number of nitrogens with zero attached hydrogens (tertiary/aromatic N) is 2. The van der Waals surface area contributed by atoms with Crippen LogP contribution in [0.4, 0.5) is 0 Å². The number of thiophene rings is 1. The van der Waals surface area contributed by atoms with Gasteiger partial charge in [0, 0.05) is 10.9 Å². The maximum Gasteiger partial charge on any atom is 0.271 e. The molecule has 2 aromatic heterocycles. The highest BCUT2D eigenvalue weighted by Gasteiger charge is 2.15. The van der Waals surface area contributed by atoms with Crippen LogP contribution in [0.25, 0.3) is 21.3 Å². The maximum absolute atomic E-state index is 13.0. The molecule has 30 heavy (non-hydrogen) atoms. The van der Waals surface area contributed by atoms with Gasteiger partial charge in [-0.1, -0.05) is 35.9 Å². The first-order valence-electron chi connectivity index (χ1n) is 10.0. The van der Waals surface area contributed by atoms with E-state index in [2.05, 4.69) is 24.0 Å². The summed E-state index contributed by atoms with van der Waals surface area (Å²) in [5.74, 6) is 1.42. The second-order valence-corrected chi connectivity index (χ2v) is 7.90. The molecule has 0 unspecified atom stereocenters. The van der Waals surface area contributed by atoms with E-state index in [0.29, 0.717) is 30.2 Å². The Balaban J connectivity index is 1.72. The molecule has 0 fully saturated rings. The molecule has 0 bridgehead atoms. The minimum absolute atomic E-state index is 0.0206. The Hall–Kier alpha value is -3.12. The zero-order chi connectivity index (χ0) is 21.1. The van der Waals surface area contributed by atoms with Gasteiger partial charge >= 0.3 is 0 Å². The van der Waals surface area contributed by atoms with Crippen molar-refractivity contribution in [3.8, 4) is 22.6 Å². The summed E-state index contributed by atoms with van der Waals surface area (Å²) in [5.41, 5.74) is 4.86. The van der Waals surface area contributed by atoms with Crippen LogP contribution in [0.3, 0.4) is 0 Å². The van der Waals surface area contributed by atoms with Crippen LogP contribution in [-0.2, 0) is 6.54 Å². The van der Waals surface area contributed by atoms with Crippen LogP contribution >= 0.6 is 11.3 Å². The molecule has 2 aromatic carbocycles. The monoisotopic (exact) mass is 420 g/mol. The molecule has 0 amide bonds. The van der Waals surface area contributed by atoms with Crippen molar-refractivity contribution >= 4 is 21.6 Å². The number of hydrogen-bond acceptors (Lipinski definition) is 5. The van der Waals surface area contributed by atoms with Crippen LogP contribution in [0.1, 0.15) is 25.0 Å². The van der Waals surface area contributed by atoms with Gasteiger partial charge in [0.25, 0.3) is 5.56 Å². The lowest BCUT2D eigenvalue weighted by Gasteiger charge is -2.12. The second kappa shape index (κ2) is 8.71. The fourth-order valence-corrected chi connectivity index (χ4v) is 4.34. The minimum atomic E-state index is -0.0206. The van der Waals surface area contributed by atoms with E-state index in [4.69, 9.17) is 9.47 Å². The van der Waals surface area contributed by atoms with Crippen molar-refractivity contribution in [1.82, 2.24) is 9.55 Å². The molecule has 0 aliphatic rings. The third-order valence-electron chi connectivity index (χ3n) is 4.87. The molecule has 0 N–H and O–H groups in total. The number of ether oxygens (including phenoxy) is 2. The van der Waals surface area contributed by atoms with Crippen molar-refractivity contribution < 1.29 is 9.47 Å². The van der Waals surface area contributed by atoms with Crippen molar-refractivity contribution in [2.45, 2.75) is 27.3 Å². The average molecular weight is 421 g/mol. The summed E-state index contributed by atoms with van der Waals surface area (Å²) in [6.07, 6.45) is 1.64. The maximum atomic E-state index is 13.0. The van der Waals surface area contributed by atoms with Gasteiger partial charge in [0.2, 0.25) is 0 Å². The molecule has 0 atom stereocenters. The molecule has 0 spiro atoms. The molecule has 5 nitrogen and oxygen atoms in total. The molecule has 0 aliphatic carbocycles. The van der Waals surface area contributed by atoms with Gasteiger partial charge in [-0.25, -0.2) is 4.98 Å². The second-order valence-electron chi connectivity index (χ2n) is 7.02. The molecule has 4 rings (SSSR count). The predicted molar refractivity (Wildman–Crippen MR) is 122 cm³/mol. The van der Waals surface area contributed by atoms with Gasteiger partial charge in [0.05, 0.1) is 31.6 Å². The van der Waals surface area contributed by atoms with Crippen LogP contribution < -0.4 is 15.0 Å². The summed E-state index contributed by atoms with van der Waals surface area (Å²) < 4.78 is 13.7. The molecule has 154 valence electrons. The lowest BCUT2D eigenvalue weighted by molar-refractivity contribution is 0.288. The zero-order valence-electron chi connectivity index (χ0n) is 17.3. The van der Waals surface area contributed by atoms with Crippen molar-refractivity contribution in [3.63, 3.8) is 0 Å². The van der Waals surface area contributed by atoms with E-state index in [1.807, 2.05) is 49.6 Å². The molecule has 0 saturated carbocycles. The van der Waals surface area contributed by atoms with E-state index >= 15 is 0 Å². The van der Waals surface area contributed by atoms with Crippen molar-refractivity contribution in [2.75, 3.05) is 13.2 Å². The number of hydrogen-bond donors (Lipinski definition) is 0. The highest BCUT2D eigenvalue weighted by molar-refractivity contribution is 7.17. The molecule has 0 saturated heterocycles. The van der Waals surface area contributed by atoms with Crippen LogP contribution in [0, 0.1) is 6.92 Å². The number of benzene rings is 2. The molecule has 2 heterocycles. The van der Waals surface area contributed by atoms with Gasteiger partial charge in [-0.3, -0.25) is 9.36 Å². The SMILES string of the molecule is CCOc1ccc(-c2csc3c(=O)n(Cc4ccc(C)cc4)cnc23)cc1OCC. The van der Waals surface area contributed by atoms with Crippen molar-refractivity contribution in [2.24, 2.45) is 0 Å². The molecule has 0 aliphatic heterocycles. The number of rotatable bonds is 7. The highest BCUT2D eigenvalue weighted by Crippen LogP contribution is 2.36. The smallest absolute Gasteiger partial charge is 0.271 e. The standard InChI is InChI=1S/C24H24N2O3S/c1-4-28-20-11-10-18(12-21(20)29-5-2)19-14-30-23-22(19)25-15-26(24(23)27)13-17-8-6-16(3)7-9-17/h6-12,14-15H,4-5,13H2,1-3H3. The van der Waals surface area contributed by atoms with Gasteiger partial charge in [0.15, 0.2) is 11.5 Å². The first kappa shape index (κ1) is 20.2. The van der Waals surface area contributed by atoms with Gasteiger partial charge in [-0.05, 0) is 44.0 Å². The van der Waals surface area contributed by atoms with E-state index in [1.54, 1.807) is 10.9 Å². The lowest BCUT2D eigenvalue weighted by Crippen LogP contribution is -2.20. The lowest BCUT2D eigenvalue weighted by atomic mass is 10.1. The summed E-state index contributed by atoms with van der Waals surface area (Å²) in [6.45, 7) is 7.57. The quantitative estimate of drug-likeness (QED) is 0.408. The molecular weight excluding hydrogens is 396 g/mol. The Kier molecular flexibility index (Phi) is 5.86. The van der Waals surface area contributed by atoms with Crippen LogP contribution in [-0.4, -0.2) is 22.8 Å². The third-order valence-corrected chi connectivity index (χ3v) is 5.83. The normalized spacial score (nSPS) is 11.0. The van der Waals surface area contributed by atoms with E-state index in [0.717, 1.165) is 28.0 Å². The summed E-state index contributed by atoms with van der Waals surface area (Å²) in [5, 5.41) is 1.99. The van der Waals surface area contributed by atoms with Crippen LogP contribution in [0.5, 0.6) is 11.5 Å². The summed E-state index contributed by atoms with van der Waals surface area (Å²) >= 11 is 1.43. The molecule has 0 radical (unpaired) electrons. The average Bonchev–Trinajstić information content (AvgIpc) is 3.18. The third kappa shape index (κ3) is 3.96. The minimum Gasteiger partial charge on any atom is -0.490 e. The van der Waals surface area contributed by atoms with Crippen LogP contribution in [0.2, 0.25) is 0 Å². The Morgan fingerprint density at radius 2 is 1.73 bits per heavy atom. The van der Waals surface area contributed by atoms with E-state index in [-0.39, 0.29) is 5.56 Å². The topological polar surface area (TPSA) is 53.4 Å². The molecular formula is C24H24N2O3S. The van der Waals surface area contributed by atoms with E-state index < -0.39 is 0 Å². The first-order chi connectivity index (χ1) is 14.6. The number of aromatic nitrogens is 2. The van der Waals surface area contributed by atoms with Gasteiger partial charge in [-0.2, -0.15) is 0 Å². The number of fused-ring (bicyclic) bond motifs is 1. The van der Waals surface area contributed by atoms with Gasteiger partial charge in [0.1, 0.15) is 4.70 Å². The van der Waals surface area contributed by atoms with Crippen LogP contribution in [0.15, 0.2) is 59.0 Å². The fourth-order valence-electron chi connectivity index (χ4n) is 3.37. The largest absolute Gasteiger partial charge is 0.490 e. The fraction of sp³-hybridized carbons (Fsp3) is 0.250. The summed E-state index contributed by atoms with van der Waals surface area (Å²) in [6, 6.07) is 14.0. The molecule has 4 aromatic rings. The Bertz CT molecular complexity index is 1230. The highest BCUT2D eigenvalue weighted by atomic mass is 32.1. The summed E-state index contributed by atoms with van der Waals surface area (Å²) in [7, 11) is 0. The molecule has 6 heteroatoms. The first-order valence-corrected chi connectivity index (χ1v) is 10.9. The van der Waals surface area contributed by atoms with Crippen molar-refractivity contribution in [3.05, 3.63) is 75.7 Å². The zero-order valence-corrected chi connectivity index (χ0v) is 18.2. The van der Waals surface area contributed by atoms with E-state index in [1.165, 1.54) is 16.9 Å². The Labute approximate surface area is 179 Å². The van der Waals surface area contributed by atoms with Crippen molar-refractivity contribution in [1.29, 1.82) is 0 Å². The predicted octanol–water partition coefficient (Wildman–Crippen LogP) is 5.28. The Morgan fingerprint density at radius 1 is 1.00 bits per heavy atom. The Morgan fingerprint density at radius 3 is 2.47 bits per heavy atom. The van der Waals surface area contributed by atoms with Gasteiger partial charge < -0.3 is 9.47 Å².